The molecule has 0 spiro atoms. The Balaban J connectivity index is 2.03. The molecule has 1 aliphatic rings. The van der Waals surface area contributed by atoms with Crippen LogP contribution >= 0.6 is 15.9 Å². The monoisotopic (exact) mass is 315 g/mol. The van der Waals surface area contributed by atoms with E-state index in [1.165, 1.54) is 12.3 Å². The van der Waals surface area contributed by atoms with Crippen LogP contribution in [0.15, 0.2) is 16.7 Å². The van der Waals surface area contributed by atoms with Gasteiger partial charge in [-0.1, -0.05) is 0 Å². The molecule has 98 valence electrons. The third-order valence-corrected chi connectivity index (χ3v) is 3.68. The zero-order valence-corrected chi connectivity index (χ0v) is 11.3. The standard InChI is InChI=1S/C11H14BrN3O3/c12-10-5-8(15(17)18)6-13-11(10)14-7-1-3-9(16)4-2-7/h5-7,9,16H,1-4H2,(H,13,14). The zero-order chi connectivity index (χ0) is 13.1. The molecule has 6 nitrogen and oxygen atoms in total. The predicted molar refractivity (Wildman–Crippen MR) is 70.5 cm³/mol. The van der Waals surface area contributed by atoms with Crippen molar-refractivity contribution in [1.29, 1.82) is 0 Å². The van der Waals surface area contributed by atoms with Crippen LogP contribution in [0.4, 0.5) is 11.5 Å². The molecular weight excluding hydrogens is 302 g/mol. The Morgan fingerprint density at radius 1 is 1.44 bits per heavy atom. The zero-order valence-electron chi connectivity index (χ0n) is 9.67. The minimum absolute atomic E-state index is 0.0357. The maximum atomic E-state index is 10.6. The Kier molecular flexibility index (Phi) is 4.13. The van der Waals surface area contributed by atoms with Gasteiger partial charge in [-0.2, -0.15) is 0 Å². The molecule has 0 aromatic carbocycles. The Morgan fingerprint density at radius 2 is 2.11 bits per heavy atom. The van der Waals surface area contributed by atoms with E-state index in [9.17, 15) is 15.2 Å². The summed E-state index contributed by atoms with van der Waals surface area (Å²) >= 11 is 3.28. The highest BCUT2D eigenvalue weighted by Crippen LogP contribution is 2.27. The molecule has 2 rings (SSSR count). The number of nitrogens with zero attached hydrogens (tertiary/aromatic N) is 2. The maximum absolute atomic E-state index is 10.6. The molecule has 0 bridgehead atoms. The van der Waals surface area contributed by atoms with Gasteiger partial charge in [-0.25, -0.2) is 4.98 Å². The van der Waals surface area contributed by atoms with Gasteiger partial charge in [0.25, 0.3) is 5.69 Å². The molecule has 1 aromatic heterocycles. The molecule has 0 atom stereocenters. The number of aromatic nitrogens is 1. The van der Waals surface area contributed by atoms with E-state index in [2.05, 4.69) is 26.2 Å². The summed E-state index contributed by atoms with van der Waals surface area (Å²) in [4.78, 5) is 14.2. The minimum Gasteiger partial charge on any atom is -0.393 e. The van der Waals surface area contributed by atoms with Crippen LogP contribution in [0.25, 0.3) is 0 Å². The van der Waals surface area contributed by atoms with Gasteiger partial charge in [-0.15, -0.1) is 0 Å². The third kappa shape index (κ3) is 3.17. The lowest BCUT2D eigenvalue weighted by atomic mass is 9.93. The van der Waals surface area contributed by atoms with E-state index in [4.69, 9.17) is 0 Å². The summed E-state index contributed by atoms with van der Waals surface area (Å²) in [6.07, 6.45) is 4.37. The lowest BCUT2D eigenvalue weighted by Crippen LogP contribution is -2.28. The van der Waals surface area contributed by atoms with Crippen LogP contribution < -0.4 is 5.32 Å². The number of halogens is 1. The minimum atomic E-state index is -0.474. The smallest absolute Gasteiger partial charge is 0.288 e. The SMILES string of the molecule is O=[N+]([O-])c1cnc(NC2CCC(O)CC2)c(Br)c1. The molecule has 1 fully saturated rings. The van der Waals surface area contributed by atoms with Crippen LogP contribution in [0.3, 0.4) is 0 Å². The maximum Gasteiger partial charge on any atom is 0.288 e. The highest BCUT2D eigenvalue weighted by atomic mass is 79.9. The van der Waals surface area contributed by atoms with Crippen LogP contribution in [0.1, 0.15) is 25.7 Å². The van der Waals surface area contributed by atoms with Crippen LogP contribution in [0, 0.1) is 10.1 Å². The van der Waals surface area contributed by atoms with E-state index in [0.717, 1.165) is 25.7 Å². The molecule has 1 aliphatic carbocycles. The van der Waals surface area contributed by atoms with Gasteiger partial charge in [-0.3, -0.25) is 10.1 Å². The second kappa shape index (κ2) is 5.62. The highest BCUT2D eigenvalue weighted by molar-refractivity contribution is 9.10. The number of pyridine rings is 1. The highest BCUT2D eigenvalue weighted by Gasteiger charge is 2.20. The van der Waals surface area contributed by atoms with Crippen molar-refractivity contribution in [2.45, 2.75) is 37.8 Å². The van der Waals surface area contributed by atoms with Crippen molar-refractivity contribution in [2.75, 3.05) is 5.32 Å². The first-order valence-corrected chi connectivity index (χ1v) is 6.60. The van der Waals surface area contributed by atoms with Gasteiger partial charge in [0.2, 0.25) is 0 Å². The lowest BCUT2D eigenvalue weighted by Gasteiger charge is -2.26. The molecule has 7 heteroatoms. The van der Waals surface area contributed by atoms with Crippen LogP contribution in [0.5, 0.6) is 0 Å². The largest absolute Gasteiger partial charge is 0.393 e. The molecule has 0 unspecified atom stereocenters. The summed E-state index contributed by atoms with van der Waals surface area (Å²) in [6.45, 7) is 0. The van der Waals surface area contributed by atoms with Crippen LogP contribution in [-0.4, -0.2) is 27.2 Å². The first-order valence-electron chi connectivity index (χ1n) is 5.81. The predicted octanol–water partition coefficient (Wildman–Crippen LogP) is 2.47. The number of rotatable bonds is 3. The topological polar surface area (TPSA) is 88.3 Å². The molecule has 0 radical (unpaired) electrons. The van der Waals surface area contributed by atoms with Crippen molar-refractivity contribution < 1.29 is 10.0 Å². The van der Waals surface area contributed by atoms with Crippen molar-refractivity contribution in [3.8, 4) is 0 Å². The van der Waals surface area contributed by atoms with Crippen LogP contribution in [-0.2, 0) is 0 Å². The average Bonchev–Trinajstić information content (AvgIpc) is 2.34. The molecule has 1 aromatic rings. The molecular formula is C11H14BrN3O3. The van der Waals surface area contributed by atoms with Gasteiger partial charge in [-0.05, 0) is 41.6 Å². The second-order valence-electron chi connectivity index (χ2n) is 4.43. The van der Waals surface area contributed by atoms with Crippen LogP contribution in [0.2, 0.25) is 0 Å². The Labute approximate surface area is 113 Å². The number of hydrogen-bond donors (Lipinski definition) is 2. The Bertz CT molecular complexity index is 447. The summed E-state index contributed by atoms with van der Waals surface area (Å²) < 4.78 is 0.586. The third-order valence-electron chi connectivity index (χ3n) is 3.08. The van der Waals surface area contributed by atoms with E-state index < -0.39 is 4.92 Å². The number of aliphatic hydroxyl groups excluding tert-OH is 1. The van der Waals surface area contributed by atoms with Gasteiger partial charge >= 0.3 is 0 Å². The number of nitro groups is 1. The molecule has 0 saturated heterocycles. The number of anilines is 1. The molecule has 0 aliphatic heterocycles. The molecule has 18 heavy (non-hydrogen) atoms. The van der Waals surface area contributed by atoms with E-state index in [-0.39, 0.29) is 17.8 Å². The lowest BCUT2D eigenvalue weighted by molar-refractivity contribution is -0.385. The van der Waals surface area contributed by atoms with Crippen molar-refractivity contribution in [3.05, 3.63) is 26.9 Å². The van der Waals surface area contributed by atoms with Crippen molar-refractivity contribution in [1.82, 2.24) is 4.98 Å². The normalized spacial score (nSPS) is 23.7. The van der Waals surface area contributed by atoms with Crippen molar-refractivity contribution >= 4 is 27.4 Å². The molecule has 0 amide bonds. The van der Waals surface area contributed by atoms with Gasteiger partial charge in [0, 0.05) is 12.1 Å². The Morgan fingerprint density at radius 3 is 2.67 bits per heavy atom. The Hall–Kier alpha value is -1.21. The summed E-state index contributed by atoms with van der Waals surface area (Å²) in [7, 11) is 0. The van der Waals surface area contributed by atoms with Crippen molar-refractivity contribution in [2.24, 2.45) is 0 Å². The van der Waals surface area contributed by atoms with E-state index in [1.54, 1.807) is 0 Å². The summed E-state index contributed by atoms with van der Waals surface area (Å²) in [5.41, 5.74) is -0.0357. The summed E-state index contributed by atoms with van der Waals surface area (Å²) in [6, 6.07) is 1.70. The fourth-order valence-corrected chi connectivity index (χ4v) is 2.50. The van der Waals surface area contributed by atoms with Crippen molar-refractivity contribution in [3.63, 3.8) is 0 Å². The summed E-state index contributed by atoms with van der Waals surface area (Å²) in [5.74, 6) is 0.613. The van der Waals surface area contributed by atoms with Gasteiger partial charge in [0.1, 0.15) is 12.0 Å². The van der Waals surface area contributed by atoms with E-state index >= 15 is 0 Å². The average molecular weight is 316 g/mol. The van der Waals surface area contributed by atoms with E-state index in [0.29, 0.717) is 10.3 Å². The molecule has 2 N–H and O–H groups in total. The molecule has 1 heterocycles. The summed E-state index contributed by atoms with van der Waals surface area (Å²) in [5, 5.41) is 23.2. The van der Waals surface area contributed by atoms with Gasteiger partial charge < -0.3 is 10.4 Å². The molecule has 1 saturated carbocycles. The van der Waals surface area contributed by atoms with Gasteiger partial charge in [0.15, 0.2) is 0 Å². The number of aliphatic hydroxyl groups is 1. The number of nitrogens with one attached hydrogen (secondary N) is 1. The number of hydrogen-bond acceptors (Lipinski definition) is 5. The first kappa shape index (κ1) is 13.2. The first-order chi connectivity index (χ1) is 8.56. The second-order valence-corrected chi connectivity index (χ2v) is 5.29. The van der Waals surface area contributed by atoms with Gasteiger partial charge in [0.05, 0.1) is 15.5 Å². The quantitative estimate of drug-likeness (QED) is 0.660. The fourth-order valence-electron chi connectivity index (χ4n) is 2.05. The van der Waals surface area contributed by atoms with E-state index in [1.807, 2.05) is 0 Å². The fraction of sp³-hybridized carbons (Fsp3) is 0.545.